The van der Waals surface area contributed by atoms with Crippen molar-refractivity contribution in [3.8, 4) is 0 Å². The summed E-state index contributed by atoms with van der Waals surface area (Å²) in [5.74, 6) is -1.11. The van der Waals surface area contributed by atoms with Gasteiger partial charge in [0.2, 0.25) is 11.6 Å². The van der Waals surface area contributed by atoms with Crippen LogP contribution in [0.3, 0.4) is 0 Å². The second kappa shape index (κ2) is 7.73. The molecule has 0 fully saturated rings. The number of halogens is 1. The first-order valence-electron chi connectivity index (χ1n) is 9.69. The van der Waals surface area contributed by atoms with Crippen LogP contribution in [0.25, 0.3) is 11.1 Å². The van der Waals surface area contributed by atoms with E-state index < -0.39 is 22.5 Å². The van der Waals surface area contributed by atoms with Gasteiger partial charge in [0.15, 0.2) is 0 Å². The van der Waals surface area contributed by atoms with E-state index >= 15 is 0 Å². The van der Waals surface area contributed by atoms with E-state index in [0.29, 0.717) is 32.9 Å². The molecule has 9 nitrogen and oxygen atoms in total. The third kappa shape index (κ3) is 3.36. The fourth-order valence-electron chi connectivity index (χ4n) is 3.78. The molecule has 4 aromatic rings. The largest absolute Gasteiger partial charge is 0.446 e. The average molecular weight is 473 g/mol. The van der Waals surface area contributed by atoms with Crippen molar-refractivity contribution in [3.05, 3.63) is 76.9 Å². The lowest BCUT2D eigenvalue weighted by Gasteiger charge is -2.22. The molecule has 164 valence electrons. The molecule has 1 aliphatic rings. The van der Waals surface area contributed by atoms with Crippen molar-refractivity contribution in [1.82, 2.24) is 19.1 Å². The van der Waals surface area contributed by atoms with Gasteiger partial charge in [0, 0.05) is 28.7 Å². The number of carbonyl (C=O) groups is 1. The lowest BCUT2D eigenvalue weighted by Crippen LogP contribution is -2.33. The molecule has 3 aromatic heterocycles. The minimum absolute atomic E-state index is 0.0143. The zero-order chi connectivity index (χ0) is 22.5. The predicted molar refractivity (Wildman–Crippen MR) is 114 cm³/mol. The molecule has 32 heavy (non-hydrogen) atoms. The second-order valence-corrected chi connectivity index (χ2v) is 9.62. The summed E-state index contributed by atoms with van der Waals surface area (Å²) in [6, 6.07) is 9.97. The average Bonchev–Trinajstić information content (AvgIpc) is 3.49. The van der Waals surface area contributed by atoms with Gasteiger partial charge < -0.3 is 14.4 Å². The molecule has 0 spiro atoms. The van der Waals surface area contributed by atoms with Crippen LogP contribution in [-0.4, -0.2) is 45.1 Å². The Morgan fingerprint density at radius 1 is 1.25 bits per heavy atom. The molecule has 0 saturated carbocycles. The van der Waals surface area contributed by atoms with Crippen molar-refractivity contribution in [1.29, 1.82) is 0 Å². The van der Waals surface area contributed by atoms with Gasteiger partial charge in [-0.05, 0) is 23.8 Å². The van der Waals surface area contributed by atoms with E-state index in [1.54, 1.807) is 30.3 Å². The molecule has 1 aromatic carbocycles. The number of hydrogen-bond acceptors (Lipinski definition) is 7. The topological polar surface area (TPSA) is 119 Å². The summed E-state index contributed by atoms with van der Waals surface area (Å²) in [5, 5.41) is 15.0. The highest BCUT2D eigenvalue weighted by Crippen LogP contribution is 2.30. The van der Waals surface area contributed by atoms with Crippen LogP contribution in [0.5, 0.6) is 0 Å². The standard InChI is InChI=1S/C21H17ClN4O5S/c22-18-4-2-1-3-16(18)17(12-27)21(28)25-9-14-10-26(24-19(14)11-25)32(29,30)15-7-13-5-6-31-20(13)23-8-15/h1-8,10,17,27H,9,11-12H2. The van der Waals surface area contributed by atoms with Crippen LogP contribution in [0.1, 0.15) is 22.7 Å². The Kier molecular flexibility index (Phi) is 5.00. The quantitative estimate of drug-likeness (QED) is 0.474. The third-order valence-electron chi connectivity index (χ3n) is 5.46. The van der Waals surface area contributed by atoms with Gasteiger partial charge in [0.05, 0.1) is 37.2 Å². The van der Waals surface area contributed by atoms with Crippen LogP contribution in [-0.2, 0) is 27.9 Å². The number of rotatable bonds is 5. The number of furan rings is 1. The number of carbonyl (C=O) groups excluding carboxylic acids is 1. The molecule has 4 heterocycles. The Balaban J connectivity index is 1.38. The third-order valence-corrected chi connectivity index (χ3v) is 7.30. The van der Waals surface area contributed by atoms with Crippen molar-refractivity contribution in [2.45, 2.75) is 23.9 Å². The Labute approximate surface area is 187 Å². The van der Waals surface area contributed by atoms with E-state index in [4.69, 9.17) is 16.0 Å². The van der Waals surface area contributed by atoms with Crippen molar-refractivity contribution in [2.24, 2.45) is 0 Å². The van der Waals surface area contributed by atoms with E-state index in [-0.39, 0.29) is 23.9 Å². The molecule has 0 radical (unpaired) electrons. The van der Waals surface area contributed by atoms with Crippen molar-refractivity contribution in [2.75, 3.05) is 6.61 Å². The SMILES string of the molecule is O=C(C(CO)c1ccccc1Cl)N1Cc2cn(S(=O)(=O)c3cnc4occc4c3)nc2C1. The maximum atomic E-state index is 13.0. The van der Waals surface area contributed by atoms with Gasteiger partial charge in [-0.25, -0.2) is 4.98 Å². The first kappa shape index (κ1) is 20.7. The van der Waals surface area contributed by atoms with Crippen LogP contribution >= 0.6 is 11.6 Å². The highest BCUT2D eigenvalue weighted by molar-refractivity contribution is 7.89. The molecule has 1 atom stereocenters. The maximum Gasteiger partial charge on any atom is 0.284 e. The number of fused-ring (bicyclic) bond motifs is 2. The number of benzene rings is 1. The molecule has 0 aliphatic carbocycles. The summed E-state index contributed by atoms with van der Waals surface area (Å²) >= 11 is 6.20. The number of nitrogens with zero attached hydrogens (tertiary/aromatic N) is 4. The fourth-order valence-corrected chi connectivity index (χ4v) is 5.20. The molecule has 1 unspecified atom stereocenters. The van der Waals surface area contributed by atoms with Crippen LogP contribution in [0, 0.1) is 0 Å². The van der Waals surface area contributed by atoms with Crippen LogP contribution in [0.4, 0.5) is 0 Å². The molecule has 0 bridgehead atoms. The van der Waals surface area contributed by atoms with E-state index in [0.717, 1.165) is 4.09 Å². The van der Waals surface area contributed by atoms with Gasteiger partial charge in [0.1, 0.15) is 4.90 Å². The Morgan fingerprint density at radius 2 is 2.06 bits per heavy atom. The summed E-state index contributed by atoms with van der Waals surface area (Å²) in [7, 11) is -3.95. The summed E-state index contributed by atoms with van der Waals surface area (Å²) in [6.07, 6.45) is 4.06. The Bertz CT molecular complexity index is 1420. The molecular formula is C21H17ClN4O5S. The predicted octanol–water partition coefficient (Wildman–Crippen LogP) is 2.53. The van der Waals surface area contributed by atoms with Crippen LogP contribution in [0.15, 0.2) is 64.4 Å². The van der Waals surface area contributed by atoms with Gasteiger partial charge in [-0.2, -0.15) is 17.6 Å². The first-order chi connectivity index (χ1) is 15.4. The smallest absolute Gasteiger partial charge is 0.284 e. The lowest BCUT2D eigenvalue weighted by atomic mass is 9.98. The summed E-state index contributed by atoms with van der Waals surface area (Å²) in [4.78, 5) is 18.6. The summed E-state index contributed by atoms with van der Waals surface area (Å²) in [5.41, 5.74) is 1.99. The number of hydrogen-bond donors (Lipinski definition) is 1. The van der Waals surface area contributed by atoms with E-state index in [1.807, 2.05) is 0 Å². The van der Waals surface area contributed by atoms with Crippen LogP contribution in [0.2, 0.25) is 5.02 Å². The maximum absolute atomic E-state index is 13.0. The summed E-state index contributed by atoms with van der Waals surface area (Å²) in [6.45, 7) is -0.0745. The number of aliphatic hydroxyl groups excluding tert-OH is 1. The molecule has 0 saturated heterocycles. The van der Waals surface area contributed by atoms with Crippen molar-refractivity contribution >= 4 is 38.6 Å². The number of pyridine rings is 1. The lowest BCUT2D eigenvalue weighted by molar-refractivity contribution is -0.134. The van der Waals surface area contributed by atoms with E-state index in [9.17, 15) is 18.3 Å². The van der Waals surface area contributed by atoms with Gasteiger partial charge in [0.25, 0.3) is 10.0 Å². The minimum atomic E-state index is -3.95. The zero-order valence-electron chi connectivity index (χ0n) is 16.6. The van der Waals surface area contributed by atoms with E-state index in [1.165, 1.54) is 29.6 Å². The van der Waals surface area contributed by atoms with E-state index in [2.05, 4.69) is 10.1 Å². The Hall–Kier alpha value is -3.21. The van der Waals surface area contributed by atoms with Crippen molar-refractivity contribution < 1.29 is 22.7 Å². The first-order valence-corrected chi connectivity index (χ1v) is 11.5. The molecule has 1 aliphatic heterocycles. The molecule has 1 amide bonds. The molecular weight excluding hydrogens is 456 g/mol. The highest BCUT2D eigenvalue weighted by Gasteiger charge is 2.34. The van der Waals surface area contributed by atoms with Gasteiger partial charge in [-0.1, -0.05) is 29.8 Å². The summed E-state index contributed by atoms with van der Waals surface area (Å²) < 4.78 is 32.1. The van der Waals surface area contributed by atoms with Gasteiger partial charge in [-0.3, -0.25) is 4.79 Å². The molecule has 11 heteroatoms. The molecule has 1 N–H and O–H groups in total. The monoisotopic (exact) mass is 472 g/mol. The minimum Gasteiger partial charge on any atom is -0.446 e. The number of amides is 1. The van der Waals surface area contributed by atoms with Crippen molar-refractivity contribution in [3.63, 3.8) is 0 Å². The van der Waals surface area contributed by atoms with Gasteiger partial charge in [-0.15, -0.1) is 0 Å². The second-order valence-electron chi connectivity index (χ2n) is 7.42. The number of aromatic nitrogens is 3. The van der Waals surface area contributed by atoms with Crippen LogP contribution < -0.4 is 0 Å². The van der Waals surface area contributed by atoms with Gasteiger partial charge >= 0.3 is 0 Å². The normalized spacial score (nSPS) is 14.6. The Morgan fingerprint density at radius 3 is 2.81 bits per heavy atom. The zero-order valence-corrected chi connectivity index (χ0v) is 18.1. The fraction of sp³-hybridized carbons (Fsp3) is 0.190. The molecule has 5 rings (SSSR count). The number of aliphatic hydroxyl groups is 1. The highest BCUT2D eigenvalue weighted by atomic mass is 35.5.